The molecule has 3 heterocycles. The molecular formula is C19H25N5O2. The molecule has 1 aromatic carbocycles. The summed E-state index contributed by atoms with van der Waals surface area (Å²) < 4.78 is 7.43. The van der Waals surface area contributed by atoms with Crippen molar-refractivity contribution >= 4 is 5.91 Å². The largest absolute Gasteiger partial charge is 0.497 e. The van der Waals surface area contributed by atoms with E-state index >= 15 is 0 Å². The lowest BCUT2D eigenvalue weighted by atomic mass is 10.0. The summed E-state index contributed by atoms with van der Waals surface area (Å²) in [6.45, 7) is 3.04. The van der Waals surface area contributed by atoms with Gasteiger partial charge in [-0.25, -0.2) is 0 Å². The summed E-state index contributed by atoms with van der Waals surface area (Å²) in [6, 6.07) is 7.97. The molecule has 2 aliphatic heterocycles. The number of methoxy groups -OCH3 is 1. The predicted octanol–water partition coefficient (Wildman–Crippen LogP) is 1.69. The van der Waals surface area contributed by atoms with Crippen LogP contribution >= 0.6 is 0 Å². The number of carbonyl (C=O) groups is 1. The van der Waals surface area contributed by atoms with E-state index in [1.165, 1.54) is 12.8 Å². The zero-order chi connectivity index (χ0) is 17.9. The lowest BCUT2D eigenvalue weighted by molar-refractivity contribution is -0.132. The highest BCUT2D eigenvalue weighted by molar-refractivity contribution is 5.79. The molecule has 0 aliphatic carbocycles. The molecule has 0 spiro atoms. The fourth-order valence-corrected chi connectivity index (χ4v) is 3.79. The number of piperidine rings is 1. The average Bonchev–Trinajstić information content (AvgIpc) is 3.12. The van der Waals surface area contributed by atoms with Crippen LogP contribution in [-0.4, -0.2) is 45.8 Å². The zero-order valence-electron chi connectivity index (χ0n) is 15.1. The Morgan fingerprint density at radius 1 is 1.31 bits per heavy atom. The summed E-state index contributed by atoms with van der Waals surface area (Å²) in [4.78, 5) is 14.6. The van der Waals surface area contributed by atoms with Crippen molar-refractivity contribution in [3.63, 3.8) is 0 Å². The maximum absolute atomic E-state index is 12.7. The van der Waals surface area contributed by atoms with E-state index in [0.29, 0.717) is 25.6 Å². The second-order valence-corrected chi connectivity index (χ2v) is 6.97. The van der Waals surface area contributed by atoms with Gasteiger partial charge in [0.15, 0.2) is 5.82 Å². The van der Waals surface area contributed by atoms with Crippen molar-refractivity contribution in [3.8, 4) is 5.75 Å². The summed E-state index contributed by atoms with van der Waals surface area (Å²) >= 11 is 0. The van der Waals surface area contributed by atoms with Crippen LogP contribution < -0.4 is 10.1 Å². The molecule has 1 N–H and O–H groups in total. The van der Waals surface area contributed by atoms with Gasteiger partial charge in [0.05, 0.1) is 26.1 Å². The van der Waals surface area contributed by atoms with Crippen molar-refractivity contribution in [2.75, 3.05) is 20.2 Å². The number of ether oxygens (including phenoxy) is 1. The normalized spacial score (nSPS) is 19.9. The summed E-state index contributed by atoms with van der Waals surface area (Å²) in [5.41, 5.74) is 0.966. The lowest BCUT2D eigenvalue weighted by Gasteiger charge is -2.30. The first-order chi connectivity index (χ1) is 12.7. The third-order valence-corrected chi connectivity index (χ3v) is 5.25. The predicted molar refractivity (Wildman–Crippen MR) is 96.7 cm³/mol. The Labute approximate surface area is 153 Å². The van der Waals surface area contributed by atoms with Crippen LogP contribution in [0, 0.1) is 0 Å². The molecule has 1 aromatic heterocycles. The van der Waals surface area contributed by atoms with Gasteiger partial charge in [-0.2, -0.15) is 0 Å². The Morgan fingerprint density at radius 3 is 3.04 bits per heavy atom. The molecule has 1 amide bonds. The molecule has 138 valence electrons. The Bertz CT molecular complexity index is 782. The molecule has 0 saturated carbocycles. The Balaban J connectivity index is 1.43. The first kappa shape index (κ1) is 17.0. The summed E-state index contributed by atoms with van der Waals surface area (Å²) in [6.07, 6.45) is 3.94. The SMILES string of the molecule is COc1cccc(CC(=O)N2CCn3c(nnc3C3CCCCN3)C2)c1. The monoisotopic (exact) mass is 355 g/mol. The van der Waals surface area contributed by atoms with Crippen molar-refractivity contribution in [3.05, 3.63) is 41.5 Å². The molecule has 1 atom stereocenters. The summed E-state index contributed by atoms with van der Waals surface area (Å²) in [5.74, 6) is 2.81. The second kappa shape index (κ2) is 7.45. The number of nitrogens with one attached hydrogen (secondary N) is 1. The standard InChI is InChI=1S/C19H25N5O2/c1-26-15-6-4-5-14(11-15)12-18(25)23-9-10-24-17(13-23)21-22-19(24)16-7-2-3-8-20-16/h4-6,11,16,20H,2-3,7-10,12-13H2,1H3. The zero-order valence-corrected chi connectivity index (χ0v) is 15.1. The van der Waals surface area contributed by atoms with Crippen LogP contribution in [0.5, 0.6) is 5.75 Å². The van der Waals surface area contributed by atoms with E-state index in [1.807, 2.05) is 29.2 Å². The number of hydrogen-bond acceptors (Lipinski definition) is 5. The van der Waals surface area contributed by atoms with Crippen molar-refractivity contribution in [1.82, 2.24) is 25.0 Å². The molecule has 2 aromatic rings. The molecule has 1 fully saturated rings. The molecule has 2 aliphatic rings. The van der Waals surface area contributed by atoms with E-state index < -0.39 is 0 Å². The van der Waals surface area contributed by atoms with Gasteiger partial charge in [-0.1, -0.05) is 18.6 Å². The topological polar surface area (TPSA) is 72.3 Å². The third kappa shape index (κ3) is 3.44. The van der Waals surface area contributed by atoms with Crippen molar-refractivity contribution < 1.29 is 9.53 Å². The lowest BCUT2D eigenvalue weighted by Crippen LogP contribution is -2.40. The molecule has 26 heavy (non-hydrogen) atoms. The first-order valence-corrected chi connectivity index (χ1v) is 9.30. The number of hydrogen-bond donors (Lipinski definition) is 1. The second-order valence-electron chi connectivity index (χ2n) is 6.97. The van der Waals surface area contributed by atoms with Gasteiger partial charge in [0.1, 0.15) is 11.6 Å². The number of fused-ring (bicyclic) bond motifs is 1. The van der Waals surface area contributed by atoms with Gasteiger partial charge in [-0.15, -0.1) is 10.2 Å². The Kier molecular flexibility index (Phi) is 4.88. The minimum Gasteiger partial charge on any atom is -0.497 e. The van der Waals surface area contributed by atoms with Crippen LogP contribution in [0.25, 0.3) is 0 Å². The van der Waals surface area contributed by atoms with Crippen LogP contribution in [0.3, 0.4) is 0 Å². The number of benzene rings is 1. The molecule has 0 radical (unpaired) electrons. The maximum atomic E-state index is 12.7. The van der Waals surface area contributed by atoms with Gasteiger partial charge in [-0.3, -0.25) is 4.79 Å². The van der Waals surface area contributed by atoms with Crippen LogP contribution in [0.1, 0.15) is 42.5 Å². The van der Waals surface area contributed by atoms with Crippen LogP contribution in [-0.2, 0) is 24.3 Å². The smallest absolute Gasteiger partial charge is 0.227 e. The van der Waals surface area contributed by atoms with Crippen LogP contribution in [0.2, 0.25) is 0 Å². The maximum Gasteiger partial charge on any atom is 0.227 e. The molecule has 0 bridgehead atoms. The molecule has 7 nitrogen and oxygen atoms in total. The number of aromatic nitrogens is 3. The highest BCUT2D eigenvalue weighted by Crippen LogP contribution is 2.24. The van der Waals surface area contributed by atoms with E-state index in [1.54, 1.807) is 7.11 Å². The average molecular weight is 355 g/mol. The molecule has 7 heteroatoms. The van der Waals surface area contributed by atoms with E-state index in [-0.39, 0.29) is 5.91 Å². The van der Waals surface area contributed by atoms with E-state index in [4.69, 9.17) is 4.74 Å². The number of rotatable bonds is 4. The Hall–Kier alpha value is -2.41. The van der Waals surface area contributed by atoms with Crippen LogP contribution in [0.15, 0.2) is 24.3 Å². The van der Waals surface area contributed by atoms with Gasteiger partial charge in [0.2, 0.25) is 5.91 Å². The van der Waals surface area contributed by atoms with Crippen molar-refractivity contribution in [2.45, 2.75) is 44.8 Å². The highest BCUT2D eigenvalue weighted by atomic mass is 16.5. The molecule has 1 saturated heterocycles. The minimum atomic E-state index is 0.116. The number of nitrogens with zero attached hydrogens (tertiary/aromatic N) is 4. The molecule has 1 unspecified atom stereocenters. The number of carbonyl (C=O) groups excluding carboxylic acids is 1. The Morgan fingerprint density at radius 2 is 2.23 bits per heavy atom. The van der Waals surface area contributed by atoms with Crippen molar-refractivity contribution in [1.29, 1.82) is 0 Å². The van der Waals surface area contributed by atoms with Crippen molar-refractivity contribution in [2.24, 2.45) is 0 Å². The van der Waals surface area contributed by atoms with Gasteiger partial charge >= 0.3 is 0 Å². The van der Waals surface area contributed by atoms with Gasteiger partial charge in [-0.05, 0) is 37.1 Å². The number of amides is 1. The van der Waals surface area contributed by atoms with Crippen LogP contribution in [0.4, 0.5) is 0 Å². The van der Waals surface area contributed by atoms with Gasteiger partial charge in [0.25, 0.3) is 0 Å². The summed E-state index contributed by atoms with van der Waals surface area (Å²) in [7, 11) is 1.64. The molecular weight excluding hydrogens is 330 g/mol. The van der Waals surface area contributed by atoms with E-state index in [0.717, 1.165) is 42.5 Å². The first-order valence-electron chi connectivity index (χ1n) is 9.30. The minimum absolute atomic E-state index is 0.116. The van der Waals surface area contributed by atoms with Gasteiger partial charge in [0, 0.05) is 13.1 Å². The van der Waals surface area contributed by atoms with E-state index in [9.17, 15) is 4.79 Å². The third-order valence-electron chi connectivity index (χ3n) is 5.25. The fourth-order valence-electron chi connectivity index (χ4n) is 3.79. The fraction of sp³-hybridized carbons (Fsp3) is 0.526. The van der Waals surface area contributed by atoms with E-state index in [2.05, 4.69) is 20.1 Å². The van der Waals surface area contributed by atoms with Gasteiger partial charge < -0.3 is 19.5 Å². The quantitative estimate of drug-likeness (QED) is 0.904. The highest BCUT2D eigenvalue weighted by Gasteiger charge is 2.28. The molecule has 4 rings (SSSR count). The summed E-state index contributed by atoms with van der Waals surface area (Å²) in [5, 5.41) is 12.3.